The summed E-state index contributed by atoms with van der Waals surface area (Å²) in [5.74, 6) is 0.334. The molecule has 0 aliphatic rings. The lowest BCUT2D eigenvalue weighted by atomic mass is 10.1. The fourth-order valence-electron chi connectivity index (χ4n) is 3.90. The smallest absolute Gasteiger partial charge is 0.277 e. The Balaban J connectivity index is 1.71. The maximum absolute atomic E-state index is 13.4. The summed E-state index contributed by atoms with van der Waals surface area (Å²) in [7, 11) is 1.63. The van der Waals surface area contributed by atoms with Gasteiger partial charge in [-0.25, -0.2) is 4.98 Å². The molecule has 0 radical (unpaired) electrons. The van der Waals surface area contributed by atoms with Crippen molar-refractivity contribution >= 4 is 22.6 Å². The van der Waals surface area contributed by atoms with E-state index in [0.717, 1.165) is 11.1 Å². The molecular weight excluding hydrogens is 432 g/mol. The van der Waals surface area contributed by atoms with E-state index in [1.807, 2.05) is 55.6 Å². The number of benzene rings is 2. The van der Waals surface area contributed by atoms with Crippen molar-refractivity contribution < 1.29 is 14.3 Å². The molecule has 0 fully saturated rings. The van der Waals surface area contributed by atoms with Gasteiger partial charge in [0.05, 0.1) is 18.6 Å². The first-order valence-corrected chi connectivity index (χ1v) is 11.3. The van der Waals surface area contributed by atoms with Crippen LogP contribution in [-0.2, 0) is 22.6 Å². The number of aromatic nitrogens is 3. The van der Waals surface area contributed by atoms with Gasteiger partial charge in [-0.15, -0.1) is 0 Å². The third-order valence-electron chi connectivity index (χ3n) is 5.45. The molecule has 8 heteroatoms. The minimum absolute atomic E-state index is 0.0389. The maximum atomic E-state index is 13.4. The van der Waals surface area contributed by atoms with Crippen molar-refractivity contribution in [3.05, 3.63) is 77.5 Å². The van der Waals surface area contributed by atoms with Crippen LogP contribution in [0.1, 0.15) is 13.3 Å². The highest BCUT2D eigenvalue weighted by Crippen LogP contribution is 2.28. The van der Waals surface area contributed by atoms with Crippen LogP contribution in [0, 0.1) is 0 Å². The van der Waals surface area contributed by atoms with Crippen LogP contribution in [0.5, 0.6) is 5.75 Å². The Labute approximate surface area is 197 Å². The SMILES string of the molecule is CCOc1ccccc1NC(=O)Cn1cc(-c2ccccc2)c2ncn(CCCOC)c(=O)c21. The number of hydrogen-bond donors (Lipinski definition) is 1. The van der Waals surface area contributed by atoms with Crippen LogP contribution in [0.2, 0.25) is 0 Å². The zero-order chi connectivity index (χ0) is 23.9. The van der Waals surface area contributed by atoms with Crippen molar-refractivity contribution in [2.75, 3.05) is 25.6 Å². The normalized spacial score (nSPS) is 11.0. The molecule has 0 spiro atoms. The number of nitrogens with one attached hydrogen (secondary N) is 1. The molecule has 0 saturated heterocycles. The van der Waals surface area contributed by atoms with E-state index in [9.17, 15) is 9.59 Å². The van der Waals surface area contributed by atoms with E-state index in [4.69, 9.17) is 9.47 Å². The molecule has 4 rings (SSSR count). The molecule has 0 bridgehead atoms. The van der Waals surface area contributed by atoms with E-state index in [1.165, 1.54) is 0 Å². The van der Waals surface area contributed by atoms with Crippen molar-refractivity contribution in [2.45, 2.75) is 26.4 Å². The molecule has 1 amide bonds. The number of methoxy groups -OCH3 is 1. The molecule has 8 nitrogen and oxygen atoms in total. The van der Waals surface area contributed by atoms with Gasteiger partial charge in [-0.1, -0.05) is 42.5 Å². The van der Waals surface area contributed by atoms with Crippen LogP contribution in [0.15, 0.2) is 71.9 Å². The van der Waals surface area contributed by atoms with E-state index >= 15 is 0 Å². The standard InChI is InChI=1S/C26H28N4O4/c1-3-34-22-13-8-7-12-21(22)28-23(31)17-30-16-20(19-10-5-4-6-11-19)24-25(30)26(32)29(18-27-24)14-9-15-33-2/h4-8,10-13,16,18H,3,9,14-15,17H2,1-2H3,(H,28,31). The topological polar surface area (TPSA) is 87.4 Å². The molecule has 0 aliphatic heterocycles. The first-order chi connectivity index (χ1) is 16.6. The van der Waals surface area contributed by atoms with Gasteiger partial charge in [-0.2, -0.15) is 0 Å². The molecule has 1 N–H and O–H groups in total. The predicted molar refractivity (Wildman–Crippen MR) is 132 cm³/mol. The van der Waals surface area contributed by atoms with Crippen LogP contribution >= 0.6 is 0 Å². The molecule has 176 valence electrons. The molecule has 0 aliphatic carbocycles. The second-order valence-corrected chi connectivity index (χ2v) is 7.80. The van der Waals surface area contributed by atoms with E-state index < -0.39 is 0 Å². The average Bonchev–Trinajstić information content (AvgIpc) is 3.21. The summed E-state index contributed by atoms with van der Waals surface area (Å²) in [5, 5.41) is 2.90. The molecule has 0 atom stereocenters. The third kappa shape index (κ3) is 5.02. The van der Waals surface area contributed by atoms with Gasteiger partial charge in [0.2, 0.25) is 5.91 Å². The third-order valence-corrected chi connectivity index (χ3v) is 5.45. The summed E-state index contributed by atoms with van der Waals surface area (Å²) in [6, 6.07) is 17.0. The fourth-order valence-corrected chi connectivity index (χ4v) is 3.90. The summed E-state index contributed by atoms with van der Waals surface area (Å²) in [5.41, 5.74) is 3.10. The van der Waals surface area contributed by atoms with Crippen molar-refractivity contribution in [3.63, 3.8) is 0 Å². The molecule has 2 aromatic carbocycles. The lowest BCUT2D eigenvalue weighted by molar-refractivity contribution is -0.116. The van der Waals surface area contributed by atoms with Crippen LogP contribution in [0.3, 0.4) is 0 Å². The number of rotatable bonds is 10. The summed E-state index contributed by atoms with van der Waals surface area (Å²) in [6.07, 6.45) is 4.07. The van der Waals surface area contributed by atoms with Crippen LogP contribution in [0.4, 0.5) is 5.69 Å². The number of nitrogens with zero attached hydrogens (tertiary/aromatic N) is 3. The van der Waals surface area contributed by atoms with E-state index in [1.54, 1.807) is 34.7 Å². The van der Waals surface area contributed by atoms with Crippen LogP contribution in [-0.4, -0.2) is 40.3 Å². The highest BCUT2D eigenvalue weighted by molar-refractivity contribution is 5.96. The van der Waals surface area contributed by atoms with Gasteiger partial charge in [0.15, 0.2) is 0 Å². The van der Waals surface area contributed by atoms with E-state index in [0.29, 0.717) is 48.6 Å². The molecular formula is C26H28N4O4. The zero-order valence-corrected chi connectivity index (χ0v) is 19.4. The first-order valence-electron chi connectivity index (χ1n) is 11.3. The second kappa shape index (κ2) is 10.8. The Hall–Kier alpha value is -3.91. The van der Waals surface area contributed by atoms with Gasteiger partial charge >= 0.3 is 0 Å². The van der Waals surface area contributed by atoms with Crippen molar-refractivity contribution in [2.24, 2.45) is 0 Å². The molecule has 2 heterocycles. The lowest BCUT2D eigenvalue weighted by Crippen LogP contribution is -2.25. The summed E-state index contributed by atoms with van der Waals surface area (Å²) >= 11 is 0. The minimum Gasteiger partial charge on any atom is -0.492 e. The van der Waals surface area contributed by atoms with Gasteiger partial charge in [0, 0.05) is 32.0 Å². The number of carbonyl (C=O) groups is 1. The Bertz CT molecular complexity index is 1330. The van der Waals surface area contributed by atoms with Gasteiger partial charge in [0.25, 0.3) is 5.56 Å². The van der Waals surface area contributed by atoms with E-state index in [2.05, 4.69) is 10.3 Å². The number of amides is 1. The summed E-state index contributed by atoms with van der Waals surface area (Å²) < 4.78 is 14.0. The number of hydrogen-bond acceptors (Lipinski definition) is 5. The van der Waals surface area contributed by atoms with Gasteiger partial charge < -0.3 is 19.4 Å². The maximum Gasteiger partial charge on any atom is 0.277 e. The Morgan fingerprint density at radius 2 is 1.82 bits per heavy atom. The zero-order valence-electron chi connectivity index (χ0n) is 19.4. The Morgan fingerprint density at radius 1 is 1.06 bits per heavy atom. The van der Waals surface area contributed by atoms with Crippen LogP contribution in [0.25, 0.3) is 22.2 Å². The predicted octanol–water partition coefficient (Wildman–Crippen LogP) is 3.94. The quantitative estimate of drug-likeness (QED) is 0.362. The van der Waals surface area contributed by atoms with E-state index in [-0.39, 0.29) is 18.0 Å². The summed E-state index contributed by atoms with van der Waals surface area (Å²) in [4.78, 5) is 31.0. The molecule has 2 aromatic heterocycles. The summed E-state index contributed by atoms with van der Waals surface area (Å²) in [6.45, 7) is 3.37. The monoisotopic (exact) mass is 460 g/mol. The number of ether oxygens (including phenoxy) is 2. The van der Waals surface area contributed by atoms with Crippen molar-refractivity contribution in [3.8, 4) is 16.9 Å². The van der Waals surface area contributed by atoms with Gasteiger partial charge in [-0.05, 0) is 31.0 Å². The van der Waals surface area contributed by atoms with Crippen molar-refractivity contribution in [1.29, 1.82) is 0 Å². The highest BCUT2D eigenvalue weighted by Gasteiger charge is 2.18. The number of aryl methyl sites for hydroxylation is 1. The Kier molecular flexibility index (Phi) is 7.39. The van der Waals surface area contributed by atoms with Crippen LogP contribution < -0.4 is 15.6 Å². The van der Waals surface area contributed by atoms with Crippen molar-refractivity contribution in [1.82, 2.24) is 14.1 Å². The second-order valence-electron chi connectivity index (χ2n) is 7.80. The lowest BCUT2D eigenvalue weighted by Gasteiger charge is -2.12. The molecule has 34 heavy (non-hydrogen) atoms. The number of carbonyl (C=O) groups excluding carboxylic acids is 1. The largest absolute Gasteiger partial charge is 0.492 e. The fraction of sp³-hybridized carbons (Fsp3) is 0.269. The van der Waals surface area contributed by atoms with Gasteiger partial charge in [-0.3, -0.25) is 14.2 Å². The number of anilines is 1. The average molecular weight is 461 g/mol. The highest BCUT2D eigenvalue weighted by atomic mass is 16.5. The molecule has 0 unspecified atom stereocenters. The Morgan fingerprint density at radius 3 is 2.59 bits per heavy atom. The molecule has 0 saturated carbocycles. The first kappa shape index (κ1) is 23.3. The molecule has 4 aromatic rings. The minimum atomic E-state index is -0.266. The number of para-hydroxylation sites is 2. The number of fused-ring (bicyclic) bond motifs is 1. The van der Waals surface area contributed by atoms with Gasteiger partial charge in [0.1, 0.15) is 23.3 Å².